The summed E-state index contributed by atoms with van der Waals surface area (Å²) in [7, 11) is 0. The molecule has 1 saturated heterocycles. The van der Waals surface area contributed by atoms with Crippen molar-refractivity contribution < 1.29 is 23.0 Å². The smallest absolute Gasteiger partial charge is 0.395 e. The predicted molar refractivity (Wildman–Crippen MR) is 87.3 cm³/mol. The lowest BCUT2D eigenvalue weighted by Crippen LogP contribution is -2.25. The lowest BCUT2D eigenvalue weighted by atomic mass is 9.93. The molecule has 2 aliphatic heterocycles. The molecule has 25 heavy (non-hydrogen) atoms. The first-order valence-corrected chi connectivity index (χ1v) is 8.03. The topological polar surface area (TPSA) is 59.6 Å². The molecule has 2 aromatic rings. The average molecular weight is 346 g/mol. The van der Waals surface area contributed by atoms with E-state index in [1.54, 1.807) is 12.1 Å². The second-order valence-electron chi connectivity index (χ2n) is 6.06. The van der Waals surface area contributed by atoms with Gasteiger partial charge in [-0.2, -0.15) is 0 Å². The summed E-state index contributed by atoms with van der Waals surface area (Å²) in [6.45, 7) is 1.76. The number of rotatable bonds is 3. The standard InChI is InChI=1S/C18H16F2N2O3/c19-18(20)24-15-6-5-12(9-16(15)25-18)22-17(23)14-4-2-1-3-13(14)11-7-8-21-10-11/h1-6,9,11,21H,7-8,10H2,(H,22,23)/t11-/m1/s1. The Morgan fingerprint density at radius 1 is 1.16 bits per heavy atom. The molecule has 1 fully saturated rings. The minimum atomic E-state index is -3.67. The van der Waals surface area contributed by atoms with Gasteiger partial charge in [0.1, 0.15) is 0 Å². The highest BCUT2D eigenvalue weighted by Crippen LogP contribution is 2.42. The molecule has 0 aliphatic carbocycles. The Balaban J connectivity index is 1.56. The Kier molecular flexibility index (Phi) is 3.80. The molecule has 0 bridgehead atoms. The van der Waals surface area contributed by atoms with Gasteiger partial charge in [0.15, 0.2) is 11.5 Å². The Morgan fingerprint density at radius 2 is 1.96 bits per heavy atom. The molecule has 0 unspecified atom stereocenters. The first-order valence-electron chi connectivity index (χ1n) is 8.03. The molecular weight excluding hydrogens is 330 g/mol. The number of carbonyl (C=O) groups excluding carboxylic acids is 1. The SMILES string of the molecule is O=C(Nc1ccc2c(c1)OC(F)(F)O2)c1ccccc1[C@@H]1CCNC1. The molecule has 5 nitrogen and oxygen atoms in total. The van der Waals surface area contributed by atoms with Crippen LogP contribution in [0.1, 0.15) is 28.3 Å². The van der Waals surface area contributed by atoms with Crippen LogP contribution in [-0.2, 0) is 0 Å². The molecule has 130 valence electrons. The van der Waals surface area contributed by atoms with E-state index >= 15 is 0 Å². The molecule has 7 heteroatoms. The van der Waals surface area contributed by atoms with Crippen molar-refractivity contribution in [3.05, 3.63) is 53.6 Å². The third-order valence-electron chi connectivity index (χ3n) is 4.36. The monoisotopic (exact) mass is 346 g/mol. The molecule has 2 aromatic carbocycles. The highest BCUT2D eigenvalue weighted by molar-refractivity contribution is 6.05. The predicted octanol–water partition coefficient (Wildman–Crippen LogP) is 3.34. The molecule has 2 N–H and O–H groups in total. The Labute approximate surface area is 142 Å². The number of anilines is 1. The first kappa shape index (κ1) is 15.8. The van der Waals surface area contributed by atoms with Gasteiger partial charge in [0.2, 0.25) is 0 Å². The van der Waals surface area contributed by atoms with E-state index in [1.165, 1.54) is 18.2 Å². The van der Waals surface area contributed by atoms with Gasteiger partial charge in [-0.15, -0.1) is 8.78 Å². The van der Waals surface area contributed by atoms with Gasteiger partial charge in [0.05, 0.1) is 0 Å². The Bertz CT molecular complexity index is 820. The van der Waals surface area contributed by atoms with Gasteiger partial charge in [-0.3, -0.25) is 4.79 Å². The number of alkyl halides is 2. The van der Waals surface area contributed by atoms with Gasteiger partial charge in [0, 0.05) is 23.9 Å². The van der Waals surface area contributed by atoms with Crippen molar-refractivity contribution in [3.8, 4) is 11.5 Å². The van der Waals surface area contributed by atoms with Crippen molar-refractivity contribution in [1.29, 1.82) is 0 Å². The fourth-order valence-corrected chi connectivity index (χ4v) is 3.21. The molecule has 0 radical (unpaired) electrons. The number of halogens is 2. The number of nitrogens with one attached hydrogen (secondary N) is 2. The molecule has 0 aromatic heterocycles. The maximum absolute atomic E-state index is 13.1. The lowest BCUT2D eigenvalue weighted by Gasteiger charge is -2.14. The van der Waals surface area contributed by atoms with Crippen LogP contribution in [0.3, 0.4) is 0 Å². The normalized spacial score (nSPS) is 20.5. The van der Waals surface area contributed by atoms with Crippen LogP contribution in [0.15, 0.2) is 42.5 Å². The average Bonchev–Trinajstić information content (AvgIpc) is 3.20. The van der Waals surface area contributed by atoms with Crippen LogP contribution < -0.4 is 20.1 Å². The van der Waals surface area contributed by atoms with Crippen molar-refractivity contribution in [2.75, 3.05) is 18.4 Å². The maximum atomic E-state index is 13.1. The zero-order chi connectivity index (χ0) is 17.4. The number of fused-ring (bicyclic) bond motifs is 1. The number of carbonyl (C=O) groups is 1. The van der Waals surface area contributed by atoms with Gasteiger partial charge < -0.3 is 20.1 Å². The molecule has 1 atom stereocenters. The van der Waals surface area contributed by atoms with E-state index in [2.05, 4.69) is 20.1 Å². The summed E-state index contributed by atoms with van der Waals surface area (Å²) in [4.78, 5) is 12.7. The van der Waals surface area contributed by atoms with Gasteiger partial charge in [-0.05, 0) is 42.6 Å². The van der Waals surface area contributed by atoms with Crippen molar-refractivity contribution >= 4 is 11.6 Å². The Morgan fingerprint density at radius 3 is 2.76 bits per heavy atom. The van der Waals surface area contributed by atoms with Crippen LogP contribution in [0, 0.1) is 0 Å². The summed E-state index contributed by atoms with van der Waals surface area (Å²) in [5, 5.41) is 6.03. The van der Waals surface area contributed by atoms with Gasteiger partial charge in [-0.25, -0.2) is 0 Å². The summed E-state index contributed by atoms with van der Waals surface area (Å²) in [6.07, 6.45) is -2.70. The molecule has 0 saturated carbocycles. The van der Waals surface area contributed by atoms with Crippen molar-refractivity contribution in [1.82, 2.24) is 5.32 Å². The minimum absolute atomic E-state index is 0.0552. The third-order valence-corrected chi connectivity index (χ3v) is 4.36. The van der Waals surface area contributed by atoms with Crippen LogP contribution in [0.25, 0.3) is 0 Å². The molecule has 0 spiro atoms. The van der Waals surface area contributed by atoms with Gasteiger partial charge in [0.25, 0.3) is 5.91 Å². The molecule has 4 rings (SSSR count). The second-order valence-corrected chi connectivity index (χ2v) is 6.06. The van der Waals surface area contributed by atoms with Crippen molar-refractivity contribution in [3.63, 3.8) is 0 Å². The lowest BCUT2D eigenvalue weighted by molar-refractivity contribution is -0.286. The second kappa shape index (κ2) is 6.00. The number of benzene rings is 2. The summed E-state index contributed by atoms with van der Waals surface area (Å²) in [5.74, 6) is -0.151. The maximum Gasteiger partial charge on any atom is 0.586 e. The molecule has 1 amide bonds. The molecule has 2 heterocycles. The molecular formula is C18H16F2N2O3. The minimum Gasteiger partial charge on any atom is -0.395 e. The van der Waals surface area contributed by atoms with Crippen LogP contribution in [-0.4, -0.2) is 25.3 Å². The van der Waals surface area contributed by atoms with E-state index in [4.69, 9.17) is 0 Å². The van der Waals surface area contributed by atoms with E-state index in [0.29, 0.717) is 11.3 Å². The summed E-state index contributed by atoms with van der Waals surface area (Å²) in [5.41, 5.74) is 1.93. The number of amides is 1. The van der Waals surface area contributed by atoms with E-state index in [9.17, 15) is 13.6 Å². The van der Waals surface area contributed by atoms with Crippen LogP contribution >= 0.6 is 0 Å². The van der Waals surface area contributed by atoms with E-state index in [1.807, 2.05) is 12.1 Å². The zero-order valence-electron chi connectivity index (χ0n) is 13.2. The number of hydrogen-bond donors (Lipinski definition) is 2. The van der Waals surface area contributed by atoms with E-state index < -0.39 is 6.29 Å². The zero-order valence-corrected chi connectivity index (χ0v) is 13.2. The van der Waals surface area contributed by atoms with Crippen molar-refractivity contribution in [2.45, 2.75) is 18.6 Å². The van der Waals surface area contributed by atoms with Crippen LogP contribution in [0.4, 0.5) is 14.5 Å². The first-order chi connectivity index (χ1) is 12.0. The third kappa shape index (κ3) is 3.15. The quantitative estimate of drug-likeness (QED) is 0.895. The largest absolute Gasteiger partial charge is 0.586 e. The fraction of sp³-hybridized carbons (Fsp3) is 0.278. The van der Waals surface area contributed by atoms with E-state index in [-0.39, 0.29) is 23.3 Å². The Hall–Kier alpha value is -2.67. The number of hydrogen-bond acceptors (Lipinski definition) is 4. The summed E-state index contributed by atoms with van der Waals surface area (Å²) in [6, 6.07) is 11.6. The highest BCUT2D eigenvalue weighted by atomic mass is 19.3. The van der Waals surface area contributed by atoms with Crippen LogP contribution in [0.5, 0.6) is 11.5 Å². The summed E-state index contributed by atoms with van der Waals surface area (Å²) >= 11 is 0. The highest BCUT2D eigenvalue weighted by Gasteiger charge is 2.43. The van der Waals surface area contributed by atoms with Crippen molar-refractivity contribution in [2.24, 2.45) is 0 Å². The summed E-state index contributed by atoms with van der Waals surface area (Å²) < 4.78 is 34.9. The van der Waals surface area contributed by atoms with E-state index in [0.717, 1.165) is 25.1 Å². The van der Waals surface area contributed by atoms with Gasteiger partial charge in [-0.1, -0.05) is 18.2 Å². The van der Waals surface area contributed by atoms with Gasteiger partial charge >= 0.3 is 6.29 Å². The number of ether oxygens (including phenoxy) is 2. The molecule has 2 aliphatic rings. The van der Waals surface area contributed by atoms with Crippen LogP contribution in [0.2, 0.25) is 0 Å². The fourth-order valence-electron chi connectivity index (χ4n) is 3.21.